The Bertz CT molecular complexity index is 723. The first-order valence-corrected chi connectivity index (χ1v) is 6.23. The second kappa shape index (κ2) is 5.15. The summed E-state index contributed by atoms with van der Waals surface area (Å²) in [4.78, 5) is 22.8. The third-order valence-electron chi connectivity index (χ3n) is 2.69. The maximum absolute atomic E-state index is 11.6. The van der Waals surface area contributed by atoms with E-state index in [-0.39, 0.29) is 5.69 Å². The van der Waals surface area contributed by atoms with Gasteiger partial charge in [0.25, 0.3) is 5.24 Å². The zero-order chi connectivity index (χ0) is 14.2. The molecular formula is C13H10Cl2N2O2. The number of benzene rings is 1. The van der Waals surface area contributed by atoms with Gasteiger partial charge in [0, 0.05) is 16.8 Å². The van der Waals surface area contributed by atoms with Gasteiger partial charge in [-0.05, 0) is 43.1 Å². The Kier molecular flexibility index (Phi) is 3.73. The molecule has 2 rings (SSSR count). The smallest absolute Gasteiger partial charge is 0.276 e. The van der Waals surface area contributed by atoms with Crippen LogP contribution in [0.3, 0.4) is 0 Å². The zero-order valence-electron chi connectivity index (χ0n) is 10.3. The highest BCUT2D eigenvalue weighted by Crippen LogP contribution is 2.19. The van der Waals surface area contributed by atoms with Crippen molar-refractivity contribution in [2.45, 2.75) is 13.8 Å². The number of rotatable bonds is 2. The first-order chi connectivity index (χ1) is 8.90. The lowest BCUT2D eigenvalue weighted by atomic mass is 10.2. The molecule has 4 nitrogen and oxygen atoms in total. The molecule has 1 heterocycles. The Labute approximate surface area is 119 Å². The van der Waals surface area contributed by atoms with Gasteiger partial charge in [-0.3, -0.25) is 9.59 Å². The van der Waals surface area contributed by atoms with E-state index < -0.39 is 10.7 Å². The van der Waals surface area contributed by atoms with E-state index in [2.05, 4.69) is 5.10 Å². The molecule has 6 heteroatoms. The van der Waals surface area contributed by atoms with E-state index in [0.29, 0.717) is 16.4 Å². The fraction of sp³-hybridized carbons (Fsp3) is 0.154. The molecule has 1 aromatic heterocycles. The maximum atomic E-state index is 11.6. The molecule has 2 aromatic rings. The highest BCUT2D eigenvalue weighted by Gasteiger charge is 2.14. The predicted molar refractivity (Wildman–Crippen MR) is 74.5 cm³/mol. The molecule has 0 radical (unpaired) electrons. The molecule has 0 fully saturated rings. The van der Waals surface area contributed by atoms with Gasteiger partial charge in [-0.1, -0.05) is 17.7 Å². The fourth-order valence-electron chi connectivity index (χ4n) is 1.74. The Balaban J connectivity index is 2.75. The van der Waals surface area contributed by atoms with Gasteiger partial charge in [-0.25, -0.2) is 4.68 Å². The Morgan fingerprint density at radius 2 is 1.95 bits per heavy atom. The molecule has 1 aromatic carbocycles. The summed E-state index contributed by atoms with van der Waals surface area (Å²) in [5, 5.41) is 3.67. The van der Waals surface area contributed by atoms with Gasteiger partial charge < -0.3 is 0 Å². The number of carbonyl (C=O) groups excluding carboxylic acids is 1. The number of aromatic nitrogens is 2. The minimum atomic E-state index is -0.876. The zero-order valence-corrected chi connectivity index (χ0v) is 11.8. The van der Waals surface area contributed by atoms with Gasteiger partial charge in [0.15, 0.2) is 5.69 Å². The van der Waals surface area contributed by atoms with Gasteiger partial charge in [-0.15, -0.1) is 0 Å². The summed E-state index contributed by atoms with van der Waals surface area (Å²) in [5.41, 5.74) is 1.41. The molecule has 0 unspecified atom stereocenters. The summed E-state index contributed by atoms with van der Waals surface area (Å²) < 4.78 is 1.48. The molecular weight excluding hydrogens is 287 g/mol. The minimum absolute atomic E-state index is 0.299. The van der Waals surface area contributed by atoms with Gasteiger partial charge in [0.2, 0.25) is 5.43 Å². The largest absolute Gasteiger partial charge is 0.287 e. The summed E-state index contributed by atoms with van der Waals surface area (Å²) in [7, 11) is 0. The van der Waals surface area contributed by atoms with E-state index in [1.165, 1.54) is 10.7 Å². The average molecular weight is 297 g/mol. The molecule has 19 heavy (non-hydrogen) atoms. The molecule has 0 atom stereocenters. The summed E-state index contributed by atoms with van der Waals surface area (Å²) in [5.74, 6) is 0. The number of halogens is 2. The molecule has 0 bridgehead atoms. The van der Waals surface area contributed by atoms with Crippen molar-refractivity contribution in [3.05, 3.63) is 56.5 Å². The van der Waals surface area contributed by atoms with Gasteiger partial charge >= 0.3 is 0 Å². The quantitative estimate of drug-likeness (QED) is 0.801. The molecule has 0 amide bonds. The van der Waals surface area contributed by atoms with Gasteiger partial charge in [-0.2, -0.15) is 5.10 Å². The molecule has 0 aliphatic rings. The van der Waals surface area contributed by atoms with Crippen LogP contribution < -0.4 is 5.43 Å². The first kappa shape index (κ1) is 13.8. The predicted octanol–water partition coefficient (Wildman–Crippen LogP) is 2.88. The number of aryl methyl sites for hydroxylation is 2. The van der Waals surface area contributed by atoms with Crippen molar-refractivity contribution in [3.63, 3.8) is 0 Å². The first-order valence-electron chi connectivity index (χ1n) is 5.47. The minimum Gasteiger partial charge on any atom is -0.287 e. The summed E-state index contributed by atoms with van der Waals surface area (Å²) in [6.45, 7) is 3.60. The van der Waals surface area contributed by atoms with Crippen molar-refractivity contribution in [1.29, 1.82) is 0 Å². The van der Waals surface area contributed by atoms with Crippen molar-refractivity contribution >= 4 is 28.4 Å². The van der Waals surface area contributed by atoms with Crippen molar-refractivity contribution in [3.8, 4) is 5.69 Å². The monoisotopic (exact) mass is 296 g/mol. The van der Waals surface area contributed by atoms with Crippen LogP contribution in [-0.2, 0) is 0 Å². The SMILES string of the molecule is Cc1ccc(Cl)cc1-n1nc(C(=O)Cl)c(=O)cc1C. The lowest BCUT2D eigenvalue weighted by Crippen LogP contribution is -2.21. The second-order valence-corrected chi connectivity index (χ2v) is 4.89. The number of hydrogen-bond acceptors (Lipinski definition) is 3. The molecule has 0 aliphatic carbocycles. The lowest BCUT2D eigenvalue weighted by Gasteiger charge is -2.12. The van der Waals surface area contributed by atoms with E-state index in [9.17, 15) is 9.59 Å². The maximum Gasteiger partial charge on any atom is 0.276 e. The van der Waals surface area contributed by atoms with Gasteiger partial charge in [0.1, 0.15) is 0 Å². The Morgan fingerprint density at radius 1 is 1.26 bits per heavy atom. The van der Waals surface area contributed by atoms with Crippen LogP contribution in [-0.4, -0.2) is 15.0 Å². The number of nitrogens with zero attached hydrogens (tertiary/aromatic N) is 2. The third-order valence-corrected chi connectivity index (χ3v) is 3.11. The second-order valence-electron chi connectivity index (χ2n) is 4.11. The van der Waals surface area contributed by atoms with Crippen molar-refractivity contribution < 1.29 is 4.79 Å². The van der Waals surface area contributed by atoms with Crippen molar-refractivity contribution in [1.82, 2.24) is 9.78 Å². The van der Waals surface area contributed by atoms with Crippen LogP contribution in [0, 0.1) is 13.8 Å². The van der Waals surface area contributed by atoms with Crippen molar-refractivity contribution in [2.24, 2.45) is 0 Å². The summed E-state index contributed by atoms with van der Waals surface area (Å²) in [6, 6.07) is 6.62. The molecule has 0 saturated heterocycles. The van der Waals surface area contributed by atoms with E-state index in [4.69, 9.17) is 23.2 Å². The van der Waals surface area contributed by atoms with E-state index >= 15 is 0 Å². The highest BCUT2D eigenvalue weighted by atomic mass is 35.5. The molecule has 0 aliphatic heterocycles. The van der Waals surface area contributed by atoms with Crippen LogP contribution in [0.25, 0.3) is 5.69 Å². The normalized spacial score (nSPS) is 10.5. The van der Waals surface area contributed by atoms with Crippen LogP contribution in [0.15, 0.2) is 29.1 Å². The number of carbonyl (C=O) groups is 1. The summed E-state index contributed by atoms with van der Waals surface area (Å²) in [6.07, 6.45) is 0. The third kappa shape index (κ3) is 2.69. The van der Waals surface area contributed by atoms with Gasteiger partial charge in [0.05, 0.1) is 5.69 Å². The Hall–Kier alpha value is -1.65. The van der Waals surface area contributed by atoms with Crippen LogP contribution >= 0.6 is 23.2 Å². The summed E-state index contributed by atoms with van der Waals surface area (Å²) >= 11 is 11.3. The molecule has 0 spiro atoms. The topological polar surface area (TPSA) is 52.0 Å². The Morgan fingerprint density at radius 3 is 2.58 bits per heavy atom. The van der Waals surface area contributed by atoms with Crippen LogP contribution in [0.5, 0.6) is 0 Å². The van der Waals surface area contributed by atoms with Crippen molar-refractivity contribution in [2.75, 3.05) is 0 Å². The van der Waals surface area contributed by atoms with Crippen LogP contribution in [0.4, 0.5) is 0 Å². The van der Waals surface area contributed by atoms with E-state index in [0.717, 1.165) is 5.56 Å². The lowest BCUT2D eigenvalue weighted by molar-refractivity contribution is 0.107. The fourth-order valence-corrected chi connectivity index (χ4v) is 2.04. The number of hydrogen-bond donors (Lipinski definition) is 0. The van der Waals surface area contributed by atoms with Crippen LogP contribution in [0.1, 0.15) is 21.7 Å². The highest BCUT2D eigenvalue weighted by molar-refractivity contribution is 6.67. The molecule has 0 saturated carbocycles. The molecule has 0 N–H and O–H groups in total. The molecule has 98 valence electrons. The van der Waals surface area contributed by atoms with E-state index in [1.54, 1.807) is 19.1 Å². The standard InChI is InChI=1S/C13H10Cl2N2O2/c1-7-3-4-9(14)6-10(7)17-8(2)5-11(18)12(16-17)13(15)19/h3-6H,1-2H3. The average Bonchev–Trinajstić information content (AvgIpc) is 2.32. The van der Waals surface area contributed by atoms with Crippen LogP contribution in [0.2, 0.25) is 5.02 Å². The van der Waals surface area contributed by atoms with E-state index in [1.807, 2.05) is 13.0 Å².